The molecule has 0 bridgehead atoms. The van der Waals surface area contributed by atoms with Gasteiger partial charge in [0.05, 0.1) is 0 Å². The Hall–Kier alpha value is 0.280. The summed E-state index contributed by atoms with van der Waals surface area (Å²) in [5, 5.41) is 0. The molecule has 0 aliphatic carbocycles. The van der Waals surface area contributed by atoms with Crippen LogP contribution in [-0.2, 0) is 4.79 Å². The summed E-state index contributed by atoms with van der Waals surface area (Å²) in [5.74, 6) is 0.542. The zero-order valence-electron chi connectivity index (χ0n) is 12.2. The minimum atomic E-state index is -0.769. The second kappa shape index (κ2) is 8.45. The van der Waals surface area contributed by atoms with Crippen LogP contribution in [0.3, 0.4) is 0 Å². The number of rotatable bonds is 7. The van der Waals surface area contributed by atoms with Gasteiger partial charge in [-0.05, 0) is 0 Å². The van der Waals surface area contributed by atoms with E-state index in [0.717, 1.165) is 39.3 Å². The van der Waals surface area contributed by atoms with Crippen molar-refractivity contribution in [3.8, 4) is 0 Å². The Kier molecular flexibility index (Phi) is 7.67. The Morgan fingerprint density at radius 1 is 1.17 bits per heavy atom. The van der Waals surface area contributed by atoms with Gasteiger partial charge in [0.2, 0.25) is 0 Å². The number of alkyl halides is 2. The summed E-state index contributed by atoms with van der Waals surface area (Å²) < 4.78 is 3.60. The Bertz CT molecular complexity index is 251. The average Bonchev–Trinajstić information content (AvgIpc) is 2.30. The number of nitrogens with zero attached hydrogens (tertiary/aromatic N) is 2. The number of hydrogen-bond donors (Lipinski definition) is 1. The van der Waals surface area contributed by atoms with E-state index in [0.29, 0.717) is 12.3 Å². The van der Waals surface area contributed by atoms with Crippen molar-refractivity contribution in [2.45, 2.75) is 13.8 Å². The molecule has 0 spiro atoms. The van der Waals surface area contributed by atoms with Crippen molar-refractivity contribution in [1.82, 2.24) is 13.3 Å². The van der Waals surface area contributed by atoms with E-state index >= 15 is 0 Å². The standard InChI is InChI=1S/C13H28IN3O/c1-12(2)13(18)11-17-9-7-16(8-10-17)6-5-15-14(3)4/h12,15H,5-11H2,1-4H3. The topological polar surface area (TPSA) is 35.6 Å². The van der Waals surface area contributed by atoms with E-state index < -0.39 is 20.1 Å². The number of carbonyl (C=O) groups is 1. The van der Waals surface area contributed by atoms with Crippen LogP contribution in [0.15, 0.2) is 0 Å². The van der Waals surface area contributed by atoms with Crippen LogP contribution < -0.4 is 3.53 Å². The fourth-order valence-corrected chi connectivity index (χ4v) is 3.28. The van der Waals surface area contributed by atoms with Crippen LogP contribution >= 0.6 is 20.1 Å². The summed E-state index contributed by atoms with van der Waals surface area (Å²) in [6, 6.07) is 0. The number of hydrogen-bond acceptors (Lipinski definition) is 4. The molecule has 0 radical (unpaired) electrons. The molecule has 0 saturated carbocycles. The van der Waals surface area contributed by atoms with Gasteiger partial charge in [0, 0.05) is 0 Å². The molecule has 1 saturated heterocycles. The van der Waals surface area contributed by atoms with Crippen LogP contribution in [0.4, 0.5) is 0 Å². The van der Waals surface area contributed by atoms with Crippen molar-refractivity contribution < 1.29 is 4.79 Å². The first-order valence-electron chi connectivity index (χ1n) is 6.70. The predicted octanol–water partition coefficient (Wildman–Crippen LogP) is 1.10. The van der Waals surface area contributed by atoms with Crippen LogP contribution in [0.25, 0.3) is 0 Å². The molecule has 1 rings (SSSR count). The zero-order valence-corrected chi connectivity index (χ0v) is 14.4. The second-order valence-corrected chi connectivity index (χ2v) is 10.5. The van der Waals surface area contributed by atoms with Gasteiger partial charge in [-0.3, -0.25) is 0 Å². The number of carbonyl (C=O) groups excluding carboxylic acids is 1. The van der Waals surface area contributed by atoms with E-state index in [1.54, 1.807) is 0 Å². The first-order chi connectivity index (χ1) is 8.49. The number of ketones is 1. The van der Waals surface area contributed by atoms with Gasteiger partial charge in [0.25, 0.3) is 0 Å². The van der Waals surface area contributed by atoms with E-state index in [1.807, 2.05) is 13.8 Å². The van der Waals surface area contributed by atoms with Gasteiger partial charge in [0.1, 0.15) is 0 Å². The van der Waals surface area contributed by atoms with E-state index in [4.69, 9.17) is 0 Å². The molecular formula is C13H28IN3O. The molecule has 1 fully saturated rings. The molecule has 0 atom stereocenters. The molecule has 5 heteroatoms. The summed E-state index contributed by atoms with van der Waals surface area (Å²) in [5.41, 5.74) is 0. The van der Waals surface area contributed by atoms with E-state index in [1.165, 1.54) is 0 Å². The molecule has 1 N–H and O–H groups in total. The third kappa shape index (κ3) is 6.45. The average molecular weight is 369 g/mol. The molecule has 0 aromatic carbocycles. The molecule has 0 amide bonds. The Labute approximate surface area is 119 Å². The van der Waals surface area contributed by atoms with Crippen molar-refractivity contribution in [1.29, 1.82) is 0 Å². The molecule has 4 nitrogen and oxygen atoms in total. The van der Waals surface area contributed by atoms with Gasteiger partial charge >= 0.3 is 119 Å². The molecule has 0 aromatic heterocycles. The molecule has 18 heavy (non-hydrogen) atoms. The third-order valence-corrected chi connectivity index (χ3v) is 5.34. The van der Waals surface area contributed by atoms with Crippen molar-refractivity contribution in [3.05, 3.63) is 0 Å². The van der Waals surface area contributed by atoms with Crippen molar-refractivity contribution >= 4 is 25.9 Å². The van der Waals surface area contributed by atoms with Crippen LogP contribution in [0.2, 0.25) is 0 Å². The molecular weight excluding hydrogens is 341 g/mol. The minimum absolute atomic E-state index is 0.170. The van der Waals surface area contributed by atoms with Crippen molar-refractivity contribution in [3.63, 3.8) is 0 Å². The fourth-order valence-electron chi connectivity index (χ4n) is 1.96. The molecule has 108 valence electrons. The maximum absolute atomic E-state index is 11.7. The molecule has 1 heterocycles. The number of nitrogens with one attached hydrogen (secondary N) is 1. The summed E-state index contributed by atoms with van der Waals surface area (Å²) in [6.45, 7) is 11.2. The first-order valence-corrected chi connectivity index (χ1v) is 12.1. The Morgan fingerprint density at radius 3 is 2.22 bits per heavy atom. The predicted molar refractivity (Wildman–Crippen MR) is 86.6 cm³/mol. The van der Waals surface area contributed by atoms with Gasteiger partial charge in [-0.25, -0.2) is 0 Å². The first kappa shape index (κ1) is 16.3. The summed E-state index contributed by atoms with van der Waals surface area (Å²) >= 11 is -0.769. The van der Waals surface area contributed by atoms with E-state index in [9.17, 15) is 4.79 Å². The van der Waals surface area contributed by atoms with Gasteiger partial charge in [0.15, 0.2) is 0 Å². The summed E-state index contributed by atoms with van der Waals surface area (Å²) in [6.07, 6.45) is 0. The Morgan fingerprint density at radius 2 is 1.72 bits per heavy atom. The SMILES string of the molecule is CC(C)C(=O)CN1CCN(CCNI(C)C)CC1. The summed E-state index contributed by atoms with van der Waals surface area (Å²) in [4.78, 5) is 21.1. The second-order valence-electron chi connectivity index (χ2n) is 5.38. The van der Waals surface area contributed by atoms with Gasteiger partial charge in [-0.1, -0.05) is 0 Å². The third-order valence-electron chi connectivity index (χ3n) is 3.28. The van der Waals surface area contributed by atoms with E-state index in [2.05, 4.69) is 23.2 Å². The molecule has 0 unspecified atom stereocenters. The monoisotopic (exact) mass is 369 g/mol. The van der Waals surface area contributed by atoms with Gasteiger partial charge in [-0.2, -0.15) is 0 Å². The van der Waals surface area contributed by atoms with Crippen LogP contribution in [-0.4, -0.2) is 71.3 Å². The van der Waals surface area contributed by atoms with Crippen molar-refractivity contribution in [2.75, 3.05) is 55.7 Å². The van der Waals surface area contributed by atoms with Crippen molar-refractivity contribution in [2.24, 2.45) is 5.92 Å². The fraction of sp³-hybridized carbons (Fsp3) is 0.923. The molecule has 0 aromatic rings. The van der Waals surface area contributed by atoms with Crippen LogP contribution in [0.5, 0.6) is 0 Å². The zero-order chi connectivity index (χ0) is 13.5. The molecule has 1 aliphatic rings. The van der Waals surface area contributed by atoms with Gasteiger partial charge in [-0.15, -0.1) is 0 Å². The number of piperazine rings is 1. The normalized spacial score (nSPS) is 19.3. The quantitative estimate of drug-likeness (QED) is 0.414. The summed E-state index contributed by atoms with van der Waals surface area (Å²) in [7, 11) is 0. The number of Topliss-reactive ketones (excluding diaryl/α,β-unsaturated/α-hetero) is 1. The van der Waals surface area contributed by atoms with Crippen LogP contribution in [0.1, 0.15) is 13.8 Å². The van der Waals surface area contributed by atoms with E-state index in [-0.39, 0.29) is 5.92 Å². The molecule has 1 aliphatic heterocycles. The van der Waals surface area contributed by atoms with Gasteiger partial charge < -0.3 is 0 Å². The maximum atomic E-state index is 11.7. The Balaban J connectivity index is 2.14. The van der Waals surface area contributed by atoms with Crippen LogP contribution in [0, 0.1) is 5.92 Å². The number of halogens is 1.